The van der Waals surface area contributed by atoms with Crippen molar-refractivity contribution in [3.63, 3.8) is 0 Å². The van der Waals surface area contributed by atoms with E-state index in [1.54, 1.807) is 25.1 Å². The number of sulfonamides is 1. The second-order valence-corrected chi connectivity index (χ2v) is 6.97. The van der Waals surface area contributed by atoms with Gasteiger partial charge in [-0.05, 0) is 34.1 Å². The minimum Gasteiger partial charge on any atom is -0.395 e. The van der Waals surface area contributed by atoms with Gasteiger partial charge < -0.3 is 5.11 Å². The summed E-state index contributed by atoms with van der Waals surface area (Å²) >= 11 is 6.47. The molecule has 0 spiro atoms. The van der Waals surface area contributed by atoms with Gasteiger partial charge in [-0.25, -0.2) is 8.42 Å². The summed E-state index contributed by atoms with van der Waals surface area (Å²) in [6.07, 6.45) is 0. The number of hydrogen-bond acceptors (Lipinski definition) is 3. The van der Waals surface area contributed by atoms with Gasteiger partial charge in [0.1, 0.15) is 0 Å². The highest BCUT2D eigenvalue weighted by atomic mass is 79.9. The van der Waals surface area contributed by atoms with Crippen molar-refractivity contribution in [3.05, 3.63) is 27.1 Å². The first kappa shape index (κ1) is 15.1. The standard InChI is InChI=1S/C10H13Br2NO3S/c1-2-13(5-6-14)17(15,16)10-7-8(11)3-4-9(10)12/h3-4,7,14H,2,5-6H2,1H3. The molecule has 0 aliphatic carbocycles. The van der Waals surface area contributed by atoms with E-state index in [2.05, 4.69) is 31.9 Å². The van der Waals surface area contributed by atoms with E-state index in [0.717, 1.165) is 0 Å². The molecule has 0 heterocycles. The maximum atomic E-state index is 12.3. The minimum atomic E-state index is -3.57. The molecule has 7 heteroatoms. The molecule has 0 saturated carbocycles. The third kappa shape index (κ3) is 3.51. The van der Waals surface area contributed by atoms with E-state index >= 15 is 0 Å². The van der Waals surface area contributed by atoms with E-state index in [9.17, 15) is 8.42 Å². The predicted molar refractivity (Wildman–Crippen MR) is 73.4 cm³/mol. The molecule has 1 aromatic rings. The molecule has 0 amide bonds. The van der Waals surface area contributed by atoms with Crippen molar-refractivity contribution in [2.75, 3.05) is 19.7 Å². The second-order valence-electron chi connectivity index (χ2n) is 3.30. The van der Waals surface area contributed by atoms with Crippen molar-refractivity contribution in [1.82, 2.24) is 4.31 Å². The molecule has 0 unspecified atom stereocenters. The Hall–Kier alpha value is 0.0500. The van der Waals surface area contributed by atoms with Gasteiger partial charge in [-0.15, -0.1) is 0 Å². The van der Waals surface area contributed by atoms with Gasteiger partial charge in [-0.2, -0.15) is 4.31 Å². The van der Waals surface area contributed by atoms with E-state index in [-0.39, 0.29) is 18.0 Å². The monoisotopic (exact) mass is 385 g/mol. The molecule has 0 aromatic heterocycles. The first-order chi connectivity index (χ1) is 7.93. The van der Waals surface area contributed by atoms with Gasteiger partial charge >= 0.3 is 0 Å². The Labute approximate surface area is 118 Å². The van der Waals surface area contributed by atoms with Crippen LogP contribution in [0, 0.1) is 0 Å². The van der Waals surface area contributed by atoms with Gasteiger partial charge in [0.25, 0.3) is 0 Å². The van der Waals surface area contributed by atoms with Crippen molar-refractivity contribution in [2.45, 2.75) is 11.8 Å². The Balaban J connectivity index is 3.24. The third-order valence-corrected chi connectivity index (χ3v) is 5.67. The molecule has 1 rings (SSSR count). The minimum absolute atomic E-state index is 0.0950. The zero-order chi connectivity index (χ0) is 13.1. The summed E-state index contributed by atoms with van der Waals surface area (Å²) in [7, 11) is -3.57. The van der Waals surface area contributed by atoms with E-state index in [1.165, 1.54) is 4.31 Å². The van der Waals surface area contributed by atoms with Crippen LogP contribution < -0.4 is 0 Å². The van der Waals surface area contributed by atoms with Crippen LogP contribution in [-0.2, 0) is 10.0 Å². The molecule has 17 heavy (non-hydrogen) atoms. The fourth-order valence-corrected chi connectivity index (χ4v) is 4.28. The Bertz CT molecular complexity index is 490. The maximum absolute atomic E-state index is 12.3. The maximum Gasteiger partial charge on any atom is 0.244 e. The number of benzene rings is 1. The molecule has 0 bridgehead atoms. The zero-order valence-corrected chi connectivity index (χ0v) is 13.2. The van der Waals surface area contributed by atoms with E-state index in [0.29, 0.717) is 15.5 Å². The molecule has 96 valence electrons. The van der Waals surface area contributed by atoms with Gasteiger partial charge in [0, 0.05) is 22.0 Å². The molecule has 0 aliphatic heterocycles. The molecular formula is C10H13Br2NO3S. The topological polar surface area (TPSA) is 57.6 Å². The second kappa shape index (κ2) is 6.29. The van der Waals surface area contributed by atoms with Crippen molar-refractivity contribution in [2.24, 2.45) is 0 Å². The molecule has 1 N–H and O–H groups in total. The number of nitrogens with zero attached hydrogens (tertiary/aromatic N) is 1. The van der Waals surface area contributed by atoms with Crippen molar-refractivity contribution in [3.8, 4) is 0 Å². The molecule has 1 aromatic carbocycles. The average molecular weight is 387 g/mol. The lowest BCUT2D eigenvalue weighted by Crippen LogP contribution is -2.33. The molecule has 0 fully saturated rings. The van der Waals surface area contributed by atoms with Crippen LogP contribution in [0.2, 0.25) is 0 Å². The molecule has 0 aliphatic rings. The van der Waals surface area contributed by atoms with Crippen LogP contribution in [0.3, 0.4) is 0 Å². The van der Waals surface area contributed by atoms with Gasteiger partial charge in [0.15, 0.2) is 0 Å². The lowest BCUT2D eigenvalue weighted by molar-refractivity contribution is 0.257. The lowest BCUT2D eigenvalue weighted by atomic mass is 10.4. The van der Waals surface area contributed by atoms with E-state index < -0.39 is 10.0 Å². The number of rotatable bonds is 5. The zero-order valence-electron chi connectivity index (χ0n) is 9.23. The Kier molecular flexibility index (Phi) is 5.59. The van der Waals surface area contributed by atoms with Crippen LogP contribution in [0.15, 0.2) is 32.0 Å². The van der Waals surface area contributed by atoms with Crippen molar-refractivity contribution < 1.29 is 13.5 Å². The summed E-state index contributed by atoms with van der Waals surface area (Å²) < 4.78 is 27.0. The normalized spacial score (nSPS) is 12.1. The quantitative estimate of drug-likeness (QED) is 0.843. The van der Waals surface area contributed by atoms with Crippen LogP contribution in [0.4, 0.5) is 0 Å². The number of hydrogen-bond donors (Lipinski definition) is 1. The van der Waals surface area contributed by atoms with Crippen LogP contribution >= 0.6 is 31.9 Å². The fourth-order valence-electron chi connectivity index (χ4n) is 1.37. The molecular weight excluding hydrogens is 374 g/mol. The van der Waals surface area contributed by atoms with Crippen molar-refractivity contribution >= 4 is 41.9 Å². The lowest BCUT2D eigenvalue weighted by Gasteiger charge is -2.20. The highest BCUT2D eigenvalue weighted by Crippen LogP contribution is 2.28. The molecule has 0 radical (unpaired) electrons. The van der Waals surface area contributed by atoms with Crippen LogP contribution in [0.25, 0.3) is 0 Å². The van der Waals surface area contributed by atoms with Gasteiger partial charge in [-0.3, -0.25) is 0 Å². The average Bonchev–Trinajstić information content (AvgIpc) is 2.28. The summed E-state index contributed by atoms with van der Waals surface area (Å²) in [5.74, 6) is 0. The Morgan fingerprint density at radius 3 is 2.53 bits per heavy atom. The summed E-state index contributed by atoms with van der Waals surface area (Å²) in [4.78, 5) is 0.196. The number of halogens is 2. The molecule has 4 nitrogen and oxygen atoms in total. The smallest absolute Gasteiger partial charge is 0.244 e. The van der Waals surface area contributed by atoms with Crippen molar-refractivity contribution in [1.29, 1.82) is 0 Å². The fraction of sp³-hybridized carbons (Fsp3) is 0.400. The summed E-state index contributed by atoms with van der Waals surface area (Å²) in [6.45, 7) is 1.96. The van der Waals surface area contributed by atoms with Crippen LogP contribution in [-0.4, -0.2) is 37.5 Å². The summed E-state index contributed by atoms with van der Waals surface area (Å²) in [5.41, 5.74) is 0. The molecule has 0 saturated heterocycles. The van der Waals surface area contributed by atoms with Gasteiger partial charge in [-0.1, -0.05) is 22.9 Å². The van der Waals surface area contributed by atoms with E-state index in [4.69, 9.17) is 5.11 Å². The van der Waals surface area contributed by atoms with Crippen LogP contribution in [0.1, 0.15) is 6.92 Å². The summed E-state index contributed by atoms with van der Waals surface area (Å²) in [5, 5.41) is 8.87. The SMILES string of the molecule is CCN(CCO)S(=O)(=O)c1cc(Br)ccc1Br. The highest BCUT2D eigenvalue weighted by Gasteiger charge is 2.25. The first-order valence-electron chi connectivity index (χ1n) is 4.99. The third-order valence-electron chi connectivity index (χ3n) is 2.21. The Morgan fingerprint density at radius 1 is 1.35 bits per heavy atom. The Morgan fingerprint density at radius 2 is 2.00 bits per heavy atom. The number of likely N-dealkylation sites (N-methyl/N-ethyl adjacent to an activating group) is 1. The van der Waals surface area contributed by atoms with E-state index in [1.807, 2.05) is 0 Å². The molecule has 0 atom stereocenters. The van der Waals surface area contributed by atoms with Gasteiger partial charge in [0.05, 0.1) is 11.5 Å². The first-order valence-corrected chi connectivity index (χ1v) is 8.02. The largest absolute Gasteiger partial charge is 0.395 e. The predicted octanol–water partition coefficient (Wildman–Crippen LogP) is 2.21. The van der Waals surface area contributed by atoms with Gasteiger partial charge in [0.2, 0.25) is 10.0 Å². The number of aliphatic hydroxyl groups is 1. The highest BCUT2D eigenvalue weighted by molar-refractivity contribution is 9.11. The van der Waals surface area contributed by atoms with Crippen LogP contribution in [0.5, 0.6) is 0 Å². The number of aliphatic hydroxyl groups excluding tert-OH is 1. The summed E-state index contributed by atoms with van der Waals surface area (Å²) in [6, 6.07) is 4.97.